The van der Waals surface area contributed by atoms with Crippen LogP contribution in [0.25, 0.3) is 0 Å². The van der Waals surface area contributed by atoms with E-state index in [1.807, 2.05) is 0 Å². The van der Waals surface area contributed by atoms with Crippen molar-refractivity contribution in [3.05, 3.63) is 48.6 Å². The van der Waals surface area contributed by atoms with Gasteiger partial charge in [0.25, 0.3) is 0 Å². The van der Waals surface area contributed by atoms with Crippen molar-refractivity contribution in [2.24, 2.45) is 0 Å². The van der Waals surface area contributed by atoms with Crippen molar-refractivity contribution in [2.45, 2.75) is 198 Å². The van der Waals surface area contributed by atoms with Crippen molar-refractivity contribution >= 4 is 5.97 Å². The van der Waals surface area contributed by atoms with E-state index in [0.29, 0.717) is 13.0 Å². The molecular weight excluding hydrogens is 672 g/mol. The van der Waals surface area contributed by atoms with Crippen LogP contribution >= 0.6 is 0 Å². The van der Waals surface area contributed by atoms with E-state index >= 15 is 0 Å². The number of carbonyl (C=O) groups excluding carboxylic acids is 1. The lowest BCUT2D eigenvalue weighted by Crippen LogP contribution is -2.59. The van der Waals surface area contributed by atoms with Crippen molar-refractivity contribution < 1.29 is 44.2 Å². The fraction of sp³-hybridized carbons (Fsp3) is 0.795. The zero-order valence-corrected chi connectivity index (χ0v) is 33.5. The first kappa shape index (κ1) is 49.2. The number of unbranched alkanes of at least 4 members (excludes halogenated alkanes) is 16. The molecule has 53 heavy (non-hydrogen) atoms. The molecule has 0 amide bonds. The molecule has 9 heteroatoms. The topological polar surface area (TPSA) is 135 Å². The Balaban J connectivity index is 2.32. The predicted octanol–water partition coefficient (Wildman–Crippen LogP) is 8.97. The first-order valence-electron chi connectivity index (χ1n) is 21.2. The molecule has 308 valence electrons. The molecule has 1 fully saturated rings. The summed E-state index contributed by atoms with van der Waals surface area (Å²) in [7, 11) is 0. The maximum Gasteiger partial charge on any atom is 0.306 e. The van der Waals surface area contributed by atoms with E-state index in [9.17, 15) is 25.2 Å². The van der Waals surface area contributed by atoms with Gasteiger partial charge in [0.15, 0.2) is 6.29 Å². The molecule has 0 saturated carbocycles. The third kappa shape index (κ3) is 27.4. The summed E-state index contributed by atoms with van der Waals surface area (Å²) in [6, 6.07) is 0. The molecule has 0 aromatic rings. The van der Waals surface area contributed by atoms with Crippen LogP contribution < -0.4 is 0 Å². The Morgan fingerprint density at radius 1 is 0.604 bits per heavy atom. The van der Waals surface area contributed by atoms with Gasteiger partial charge in [-0.15, -0.1) is 0 Å². The highest BCUT2D eigenvalue weighted by atomic mass is 16.7. The summed E-state index contributed by atoms with van der Waals surface area (Å²) in [5, 5.41) is 40.0. The molecule has 9 nitrogen and oxygen atoms in total. The standard InChI is InChI=1S/C44H78O9/c1-3-5-7-9-11-13-15-17-19-20-21-23-25-27-29-31-33-40(46)52-38(37-51-44-43(49)42(48)41(47)39(35-45)53-44)36-50-34-32-30-28-26-24-22-18-16-14-12-10-8-6-4-2/h8,10,13-16,19-20,38-39,41-45,47-49H,3-7,9,11-12,17-18,21-37H2,1-2H3/b10-8-,15-13-,16-14-,20-19-. The number of ether oxygens (including phenoxy) is 4. The molecule has 0 radical (unpaired) electrons. The van der Waals surface area contributed by atoms with Gasteiger partial charge >= 0.3 is 5.97 Å². The minimum atomic E-state index is -1.54. The third-order valence-corrected chi connectivity index (χ3v) is 9.45. The highest BCUT2D eigenvalue weighted by Crippen LogP contribution is 2.22. The maximum absolute atomic E-state index is 12.7. The molecule has 1 aliphatic rings. The number of hydrogen-bond donors (Lipinski definition) is 4. The quantitative estimate of drug-likeness (QED) is 0.0285. The normalized spacial score (nSPS) is 21.5. The highest BCUT2D eigenvalue weighted by molar-refractivity contribution is 5.69. The summed E-state index contributed by atoms with van der Waals surface area (Å²) < 4.78 is 22.7. The Kier molecular flexibility index (Phi) is 33.2. The lowest BCUT2D eigenvalue weighted by atomic mass is 9.99. The van der Waals surface area contributed by atoms with E-state index in [0.717, 1.165) is 83.5 Å². The van der Waals surface area contributed by atoms with Crippen molar-refractivity contribution in [3.8, 4) is 0 Å². The number of hydrogen-bond acceptors (Lipinski definition) is 9. The second kappa shape index (κ2) is 35.8. The van der Waals surface area contributed by atoms with E-state index < -0.39 is 43.4 Å². The van der Waals surface area contributed by atoms with Gasteiger partial charge in [0.1, 0.15) is 30.5 Å². The Bertz CT molecular complexity index is 947. The SMILES string of the molecule is CCC/C=C\C/C=C\CCCCCCCCOCC(COC1OC(CO)C(O)C(O)C1O)OC(=O)CCCCCCC/C=C\C/C=C\CCCCCC. The van der Waals surface area contributed by atoms with Gasteiger partial charge in [-0.05, 0) is 70.6 Å². The Morgan fingerprint density at radius 3 is 1.70 bits per heavy atom. The van der Waals surface area contributed by atoms with Crippen molar-refractivity contribution in [1.29, 1.82) is 0 Å². The van der Waals surface area contributed by atoms with Crippen LogP contribution in [0.1, 0.15) is 162 Å². The summed E-state index contributed by atoms with van der Waals surface area (Å²) >= 11 is 0. The average molecular weight is 751 g/mol. The van der Waals surface area contributed by atoms with Crippen LogP contribution in [0.15, 0.2) is 48.6 Å². The van der Waals surface area contributed by atoms with Crippen molar-refractivity contribution in [3.63, 3.8) is 0 Å². The van der Waals surface area contributed by atoms with E-state index in [-0.39, 0.29) is 19.2 Å². The Labute approximate surface area is 322 Å². The number of allylic oxidation sites excluding steroid dienone is 8. The first-order chi connectivity index (χ1) is 25.9. The van der Waals surface area contributed by atoms with Crippen LogP contribution in [0.2, 0.25) is 0 Å². The van der Waals surface area contributed by atoms with Gasteiger partial charge in [0.2, 0.25) is 0 Å². The number of aliphatic hydroxyl groups excluding tert-OH is 4. The summed E-state index contributed by atoms with van der Waals surface area (Å²) in [5.74, 6) is -0.333. The van der Waals surface area contributed by atoms with Crippen molar-refractivity contribution in [2.75, 3.05) is 26.4 Å². The van der Waals surface area contributed by atoms with Gasteiger partial charge in [0, 0.05) is 13.0 Å². The first-order valence-corrected chi connectivity index (χ1v) is 21.2. The van der Waals surface area contributed by atoms with E-state index in [4.69, 9.17) is 18.9 Å². The van der Waals surface area contributed by atoms with E-state index in [2.05, 4.69) is 62.5 Å². The monoisotopic (exact) mass is 751 g/mol. The molecule has 6 unspecified atom stereocenters. The van der Waals surface area contributed by atoms with E-state index in [1.165, 1.54) is 57.8 Å². The molecule has 0 spiro atoms. The molecule has 6 atom stereocenters. The number of aliphatic hydroxyl groups is 4. The van der Waals surface area contributed by atoms with Crippen LogP contribution in [0.5, 0.6) is 0 Å². The molecular formula is C44H78O9. The van der Waals surface area contributed by atoms with Gasteiger partial charge in [-0.3, -0.25) is 4.79 Å². The largest absolute Gasteiger partial charge is 0.457 e. The van der Waals surface area contributed by atoms with Gasteiger partial charge in [-0.25, -0.2) is 0 Å². The molecule has 1 rings (SSSR count). The lowest BCUT2D eigenvalue weighted by molar-refractivity contribution is -0.305. The molecule has 1 saturated heterocycles. The van der Waals surface area contributed by atoms with Gasteiger partial charge < -0.3 is 39.4 Å². The summed E-state index contributed by atoms with van der Waals surface area (Å²) in [5.41, 5.74) is 0. The second-order valence-corrected chi connectivity index (χ2v) is 14.4. The van der Waals surface area contributed by atoms with Crippen molar-refractivity contribution in [1.82, 2.24) is 0 Å². The third-order valence-electron chi connectivity index (χ3n) is 9.45. The van der Waals surface area contributed by atoms with Crippen LogP contribution in [0.4, 0.5) is 0 Å². The van der Waals surface area contributed by atoms with E-state index in [1.54, 1.807) is 0 Å². The average Bonchev–Trinajstić information content (AvgIpc) is 3.16. The zero-order valence-electron chi connectivity index (χ0n) is 33.5. The Morgan fingerprint density at radius 2 is 1.13 bits per heavy atom. The number of esters is 1. The van der Waals surface area contributed by atoms with Crippen LogP contribution in [-0.2, 0) is 23.7 Å². The molecule has 1 aliphatic heterocycles. The van der Waals surface area contributed by atoms with Gasteiger partial charge in [-0.1, -0.05) is 133 Å². The summed E-state index contributed by atoms with van der Waals surface area (Å²) in [6.07, 6.45) is 35.6. The smallest absolute Gasteiger partial charge is 0.306 e. The lowest BCUT2D eigenvalue weighted by Gasteiger charge is -2.39. The minimum Gasteiger partial charge on any atom is -0.457 e. The van der Waals surface area contributed by atoms with Gasteiger partial charge in [0.05, 0.1) is 19.8 Å². The molecule has 0 aliphatic carbocycles. The molecule has 4 N–H and O–H groups in total. The highest BCUT2D eigenvalue weighted by Gasteiger charge is 2.44. The zero-order chi connectivity index (χ0) is 38.6. The number of rotatable bonds is 35. The summed E-state index contributed by atoms with van der Waals surface area (Å²) in [4.78, 5) is 12.7. The molecule has 0 aromatic heterocycles. The summed E-state index contributed by atoms with van der Waals surface area (Å²) in [6.45, 7) is 4.42. The fourth-order valence-electron chi connectivity index (χ4n) is 6.09. The Hall–Kier alpha value is -1.85. The minimum absolute atomic E-state index is 0.125. The second-order valence-electron chi connectivity index (χ2n) is 14.4. The van der Waals surface area contributed by atoms with Crippen LogP contribution in [0.3, 0.4) is 0 Å². The molecule has 0 aromatic carbocycles. The molecule has 0 bridgehead atoms. The predicted molar refractivity (Wildman–Crippen MR) is 215 cm³/mol. The van der Waals surface area contributed by atoms with Gasteiger partial charge in [-0.2, -0.15) is 0 Å². The number of carbonyl (C=O) groups is 1. The molecule has 1 heterocycles. The fourth-order valence-corrected chi connectivity index (χ4v) is 6.09. The van der Waals surface area contributed by atoms with Crippen LogP contribution in [0, 0.1) is 0 Å². The van der Waals surface area contributed by atoms with Crippen LogP contribution in [-0.4, -0.2) is 89.6 Å². The maximum atomic E-state index is 12.7.